The van der Waals surface area contributed by atoms with Crippen molar-refractivity contribution >= 4 is 11.9 Å². The normalized spacial score (nSPS) is 11.8. The largest absolute Gasteiger partial charge is 0.497 e. The number of carbonyl (C=O) groups is 2. The van der Waals surface area contributed by atoms with Crippen LogP contribution in [0, 0.1) is 0 Å². The van der Waals surface area contributed by atoms with Gasteiger partial charge in [-0.1, -0.05) is 12.1 Å². The van der Waals surface area contributed by atoms with Crippen molar-refractivity contribution in [2.75, 3.05) is 7.11 Å². The number of ether oxygens (including phenoxy) is 1. The van der Waals surface area contributed by atoms with Crippen LogP contribution in [0.15, 0.2) is 30.5 Å². The average Bonchev–Trinajstić information content (AvgIpc) is 2.89. The number of methoxy groups -OCH3 is 1. The lowest BCUT2D eigenvalue weighted by Gasteiger charge is -2.14. The van der Waals surface area contributed by atoms with Crippen molar-refractivity contribution in [3.8, 4) is 5.75 Å². The minimum Gasteiger partial charge on any atom is -0.497 e. The Morgan fingerprint density at radius 3 is 2.77 bits per heavy atom. The first-order valence-corrected chi connectivity index (χ1v) is 6.64. The van der Waals surface area contributed by atoms with Gasteiger partial charge in [-0.25, -0.2) is 4.79 Å². The van der Waals surface area contributed by atoms with Gasteiger partial charge in [0.05, 0.1) is 13.2 Å². The summed E-state index contributed by atoms with van der Waals surface area (Å²) < 4.78 is 6.44. The molecule has 7 heteroatoms. The molecule has 1 amide bonds. The smallest absolute Gasteiger partial charge is 0.339 e. The topological polar surface area (TPSA) is 93.5 Å². The number of hydrogen-bond donors (Lipinski definition) is 2. The number of aromatic nitrogens is 2. The minimum absolute atomic E-state index is 0.107. The number of hydrogen-bond acceptors (Lipinski definition) is 4. The summed E-state index contributed by atoms with van der Waals surface area (Å²) in [5.74, 6) is -1.04. The predicted molar refractivity (Wildman–Crippen MR) is 79.0 cm³/mol. The second kappa shape index (κ2) is 6.30. The molecule has 1 heterocycles. The highest BCUT2D eigenvalue weighted by Gasteiger charge is 2.22. The zero-order valence-electron chi connectivity index (χ0n) is 12.5. The highest BCUT2D eigenvalue weighted by atomic mass is 16.5. The third-order valence-electron chi connectivity index (χ3n) is 3.22. The Labute approximate surface area is 127 Å². The third-order valence-corrected chi connectivity index (χ3v) is 3.22. The summed E-state index contributed by atoms with van der Waals surface area (Å²) in [6.07, 6.45) is 1.30. The number of carboxylic acid groups (broad SMARTS) is 1. The molecule has 0 unspecified atom stereocenters. The van der Waals surface area contributed by atoms with E-state index in [1.807, 2.05) is 18.2 Å². The lowest BCUT2D eigenvalue weighted by atomic mass is 10.1. The molecule has 7 nitrogen and oxygen atoms in total. The zero-order valence-corrected chi connectivity index (χ0v) is 12.5. The fraction of sp³-hybridized carbons (Fsp3) is 0.267. The number of aromatic carboxylic acids is 1. The molecule has 0 saturated carbocycles. The molecule has 22 heavy (non-hydrogen) atoms. The van der Waals surface area contributed by atoms with E-state index in [1.54, 1.807) is 27.1 Å². The fourth-order valence-electron chi connectivity index (χ4n) is 2.07. The molecular weight excluding hydrogens is 286 g/mol. The van der Waals surface area contributed by atoms with E-state index < -0.39 is 11.9 Å². The molecule has 0 fully saturated rings. The van der Waals surface area contributed by atoms with E-state index in [4.69, 9.17) is 9.84 Å². The number of carbonyl (C=O) groups excluding carboxylic acids is 1. The minimum atomic E-state index is -1.19. The number of nitrogens with zero attached hydrogens (tertiary/aromatic N) is 2. The van der Waals surface area contributed by atoms with Gasteiger partial charge in [0.1, 0.15) is 11.3 Å². The van der Waals surface area contributed by atoms with E-state index in [0.717, 1.165) is 5.56 Å². The van der Waals surface area contributed by atoms with Crippen LogP contribution in [0.2, 0.25) is 0 Å². The summed E-state index contributed by atoms with van der Waals surface area (Å²) in [6, 6.07) is 6.97. The molecule has 0 spiro atoms. The molecule has 1 atom stereocenters. The molecule has 2 N–H and O–H groups in total. The Morgan fingerprint density at radius 1 is 1.41 bits per heavy atom. The van der Waals surface area contributed by atoms with Crippen molar-refractivity contribution in [3.05, 3.63) is 47.3 Å². The van der Waals surface area contributed by atoms with Crippen molar-refractivity contribution in [2.24, 2.45) is 7.05 Å². The third kappa shape index (κ3) is 3.25. The van der Waals surface area contributed by atoms with Crippen molar-refractivity contribution in [1.82, 2.24) is 15.1 Å². The van der Waals surface area contributed by atoms with E-state index in [2.05, 4.69) is 10.4 Å². The van der Waals surface area contributed by atoms with Crippen molar-refractivity contribution in [3.63, 3.8) is 0 Å². The second-order valence-corrected chi connectivity index (χ2v) is 4.84. The lowest BCUT2D eigenvalue weighted by molar-refractivity contribution is 0.0690. The van der Waals surface area contributed by atoms with Crippen LogP contribution in [0.25, 0.3) is 0 Å². The van der Waals surface area contributed by atoms with Crippen LogP contribution in [0.4, 0.5) is 0 Å². The maximum absolute atomic E-state index is 12.2. The maximum Gasteiger partial charge on any atom is 0.339 e. The first-order valence-electron chi connectivity index (χ1n) is 6.64. The summed E-state index contributed by atoms with van der Waals surface area (Å²) in [5.41, 5.74) is 0.614. The van der Waals surface area contributed by atoms with Gasteiger partial charge in [-0.3, -0.25) is 9.48 Å². The molecule has 0 saturated heterocycles. The van der Waals surface area contributed by atoms with Crippen molar-refractivity contribution in [1.29, 1.82) is 0 Å². The Morgan fingerprint density at radius 2 is 2.14 bits per heavy atom. The van der Waals surface area contributed by atoms with Gasteiger partial charge in [-0.2, -0.15) is 5.10 Å². The van der Waals surface area contributed by atoms with E-state index in [0.29, 0.717) is 5.75 Å². The van der Waals surface area contributed by atoms with Gasteiger partial charge in [-0.05, 0) is 24.6 Å². The van der Waals surface area contributed by atoms with Crippen LogP contribution in [-0.4, -0.2) is 33.9 Å². The standard InChI is InChI=1S/C15H17N3O4/c1-9(10-5-4-6-11(7-10)22-3)16-14(19)13-12(15(20)21)8-18(2)17-13/h4-9H,1-3H3,(H,16,19)(H,20,21)/t9-/m1/s1. The van der Waals surface area contributed by atoms with E-state index in [9.17, 15) is 9.59 Å². The molecule has 0 radical (unpaired) electrons. The summed E-state index contributed by atoms with van der Waals surface area (Å²) >= 11 is 0. The molecule has 116 valence electrons. The van der Waals surface area contributed by atoms with Gasteiger partial charge in [0.15, 0.2) is 5.69 Å². The second-order valence-electron chi connectivity index (χ2n) is 4.84. The number of benzene rings is 1. The summed E-state index contributed by atoms with van der Waals surface area (Å²) in [5, 5.41) is 15.7. The molecule has 2 rings (SSSR count). The van der Waals surface area contributed by atoms with Crippen molar-refractivity contribution < 1.29 is 19.4 Å². The number of rotatable bonds is 5. The molecule has 1 aromatic carbocycles. The van der Waals surface area contributed by atoms with Crippen LogP contribution in [0.5, 0.6) is 5.75 Å². The number of aryl methyl sites for hydroxylation is 1. The monoisotopic (exact) mass is 303 g/mol. The zero-order chi connectivity index (χ0) is 16.3. The number of carboxylic acids is 1. The molecule has 1 aromatic heterocycles. The first-order chi connectivity index (χ1) is 10.4. The number of nitrogens with one attached hydrogen (secondary N) is 1. The van der Waals surface area contributed by atoms with Crippen molar-refractivity contribution in [2.45, 2.75) is 13.0 Å². The van der Waals surface area contributed by atoms with Crippen LogP contribution in [0.1, 0.15) is 39.4 Å². The van der Waals surface area contributed by atoms with Gasteiger partial charge >= 0.3 is 5.97 Å². The fourth-order valence-corrected chi connectivity index (χ4v) is 2.07. The van der Waals surface area contributed by atoms with E-state index >= 15 is 0 Å². The molecule has 0 aliphatic rings. The van der Waals surface area contributed by atoms with Gasteiger partial charge < -0.3 is 15.2 Å². The molecule has 0 bridgehead atoms. The Bertz CT molecular complexity index is 709. The Hall–Kier alpha value is -2.83. The summed E-state index contributed by atoms with van der Waals surface area (Å²) in [4.78, 5) is 23.4. The molecular formula is C15H17N3O4. The predicted octanol–water partition coefficient (Wildman–Crippen LogP) is 1.62. The molecule has 0 aliphatic carbocycles. The SMILES string of the molecule is COc1cccc([C@@H](C)NC(=O)c2nn(C)cc2C(=O)O)c1. The average molecular weight is 303 g/mol. The van der Waals surface area contributed by atoms with E-state index in [1.165, 1.54) is 10.9 Å². The summed E-state index contributed by atoms with van der Waals surface area (Å²) in [6.45, 7) is 1.80. The quantitative estimate of drug-likeness (QED) is 0.875. The lowest BCUT2D eigenvalue weighted by Crippen LogP contribution is -2.28. The summed E-state index contributed by atoms with van der Waals surface area (Å²) in [7, 11) is 3.13. The maximum atomic E-state index is 12.2. The van der Waals surface area contributed by atoms with Gasteiger partial charge in [0.2, 0.25) is 0 Å². The molecule has 0 aliphatic heterocycles. The van der Waals surface area contributed by atoms with Crippen LogP contribution >= 0.6 is 0 Å². The highest BCUT2D eigenvalue weighted by molar-refractivity contribution is 6.03. The Kier molecular flexibility index (Phi) is 4.45. The first kappa shape index (κ1) is 15.6. The number of amides is 1. The van der Waals surface area contributed by atoms with Gasteiger partial charge in [-0.15, -0.1) is 0 Å². The highest BCUT2D eigenvalue weighted by Crippen LogP contribution is 2.19. The van der Waals surface area contributed by atoms with Gasteiger partial charge in [0, 0.05) is 13.2 Å². The Balaban J connectivity index is 2.19. The van der Waals surface area contributed by atoms with E-state index in [-0.39, 0.29) is 17.3 Å². The van der Waals surface area contributed by atoms with Crippen LogP contribution in [-0.2, 0) is 7.05 Å². The van der Waals surface area contributed by atoms with Crippen LogP contribution in [0.3, 0.4) is 0 Å². The van der Waals surface area contributed by atoms with Gasteiger partial charge in [0.25, 0.3) is 5.91 Å². The molecule has 2 aromatic rings. The van der Waals surface area contributed by atoms with Crippen LogP contribution < -0.4 is 10.1 Å².